The van der Waals surface area contributed by atoms with Crippen LogP contribution in [0.25, 0.3) is 0 Å². The van der Waals surface area contributed by atoms with Crippen LogP contribution in [0.15, 0.2) is 18.2 Å². The Morgan fingerprint density at radius 2 is 2.21 bits per heavy atom. The van der Waals surface area contributed by atoms with E-state index in [0.29, 0.717) is 19.4 Å². The van der Waals surface area contributed by atoms with Crippen LogP contribution in [0.4, 0.5) is 0 Å². The van der Waals surface area contributed by atoms with Crippen LogP contribution in [0, 0.1) is 0 Å². The molecule has 5 nitrogen and oxygen atoms in total. The number of aliphatic hydroxyl groups excluding tert-OH is 1. The quantitative estimate of drug-likeness (QED) is 0.814. The summed E-state index contributed by atoms with van der Waals surface area (Å²) in [5, 5.41) is 12.2. The third-order valence-corrected chi connectivity index (χ3v) is 3.66. The van der Waals surface area contributed by atoms with E-state index in [-0.39, 0.29) is 6.61 Å². The molecular weight excluding hydrogens is 244 g/mol. The van der Waals surface area contributed by atoms with E-state index in [2.05, 4.69) is 22.3 Å². The predicted molar refractivity (Wildman–Crippen MR) is 71.3 cm³/mol. The first-order valence-corrected chi connectivity index (χ1v) is 6.80. The molecule has 1 unspecified atom stereocenters. The molecule has 3 rings (SSSR count). The van der Waals surface area contributed by atoms with E-state index in [0.717, 1.165) is 37.6 Å². The number of hydrogen-bond donors (Lipinski definition) is 2. The first-order valence-electron chi connectivity index (χ1n) is 6.80. The molecule has 1 saturated heterocycles. The van der Waals surface area contributed by atoms with E-state index in [1.54, 1.807) is 0 Å². The molecule has 0 saturated carbocycles. The maximum Gasteiger partial charge on any atom is 0.231 e. The number of nitrogens with zero attached hydrogens (tertiary/aromatic N) is 1. The monoisotopic (exact) mass is 264 g/mol. The Kier molecular flexibility index (Phi) is 3.87. The summed E-state index contributed by atoms with van der Waals surface area (Å²) in [7, 11) is 0. The molecule has 19 heavy (non-hydrogen) atoms. The Morgan fingerprint density at radius 3 is 3.11 bits per heavy atom. The van der Waals surface area contributed by atoms with E-state index in [1.807, 2.05) is 6.07 Å². The number of rotatable bonds is 5. The van der Waals surface area contributed by atoms with Crippen molar-refractivity contribution < 1.29 is 14.6 Å². The van der Waals surface area contributed by atoms with Crippen molar-refractivity contribution in [3.05, 3.63) is 23.8 Å². The molecule has 2 heterocycles. The highest BCUT2D eigenvalue weighted by Crippen LogP contribution is 2.33. The third kappa shape index (κ3) is 3.00. The average Bonchev–Trinajstić information content (AvgIpc) is 3.05. The van der Waals surface area contributed by atoms with Crippen molar-refractivity contribution >= 4 is 0 Å². The van der Waals surface area contributed by atoms with Gasteiger partial charge in [0.1, 0.15) is 0 Å². The van der Waals surface area contributed by atoms with E-state index < -0.39 is 0 Å². The van der Waals surface area contributed by atoms with Gasteiger partial charge in [-0.25, -0.2) is 0 Å². The number of benzene rings is 1. The Labute approximate surface area is 113 Å². The molecule has 2 aliphatic heterocycles. The van der Waals surface area contributed by atoms with Crippen molar-refractivity contribution in [2.75, 3.05) is 33.0 Å². The molecule has 1 aromatic rings. The van der Waals surface area contributed by atoms with Gasteiger partial charge in [0.05, 0.1) is 6.61 Å². The zero-order valence-corrected chi connectivity index (χ0v) is 11.0. The van der Waals surface area contributed by atoms with E-state index in [1.165, 1.54) is 5.56 Å². The zero-order chi connectivity index (χ0) is 13.1. The van der Waals surface area contributed by atoms with Crippen molar-refractivity contribution in [1.29, 1.82) is 0 Å². The van der Waals surface area contributed by atoms with Gasteiger partial charge in [-0.2, -0.15) is 0 Å². The first kappa shape index (κ1) is 12.7. The van der Waals surface area contributed by atoms with Crippen LogP contribution in [0.5, 0.6) is 11.5 Å². The lowest BCUT2D eigenvalue weighted by Crippen LogP contribution is -2.34. The standard InChI is InChI=1S/C14H20N2O3/c17-6-4-15-12-3-5-16(9-12)8-11-1-2-13-14(7-11)19-10-18-13/h1-2,7,12,15,17H,3-6,8-10H2. The van der Waals surface area contributed by atoms with E-state index >= 15 is 0 Å². The molecule has 1 atom stereocenters. The molecule has 0 spiro atoms. The fraction of sp³-hybridized carbons (Fsp3) is 0.571. The predicted octanol–water partition coefficient (Wildman–Crippen LogP) is 0.571. The van der Waals surface area contributed by atoms with E-state index in [4.69, 9.17) is 14.6 Å². The molecule has 2 N–H and O–H groups in total. The lowest BCUT2D eigenvalue weighted by atomic mass is 10.2. The summed E-state index contributed by atoms with van der Waals surface area (Å²) in [5.41, 5.74) is 1.26. The van der Waals surface area contributed by atoms with Crippen molar-refractivity contribution in [2.45, 2.75) is 19.0 Å². The highest BCUT2D eigenvalue weighted by molar-refractivity contribution is 5.44. The van der Waals surface area contributed by atoms with Crippen LogP contribution >= 0.6 is 0 Å². The molecule has 0 amide bonds. The van der Waals surface area contributed by atoms with Gasteiger partial charge in [0.2, 0.25) is 6.79 Å². The summed E-state index contributed by atoms with van der Waals surface area (Å²) in [6.07, 6.45) is 1.14. The van der Waals surface area contributed by atoms with Gasteiger partial charge >= 0.3 is 0 Å². The fourth-order valence-electron chi connectivity index (χ4n) is 2.71. The normalized spacial score (nSPS) is 22.1. The van der Waals surface area contributed by atoms with Crippen molar-refractivity contribution in [2.24, 2.45) is 0 Å². The van der Waals surface area contributed by atoms with Crippen LogP contribution in [-0.4, -0.2) is 49.1 Å². The summed E-state index contributed by atoms with van der Waals surface area (Å²) in [6, 6.07) is 6.65. The van der Waals surface area contributed by atoms with Gasteiger partial charge in [0.15, 0.2) is 11.5 Å². The minimum atomic E-state index is 0.207. The van der Waals surface area contributed by atoms with E-state index in [9.17, 15) is 0 Å². The number of hydrogen-bond acceptors (Lipinski definition) is 5. The lowest BCUT2D eigenvalue weighted by Gasteiger charge is -2.16. The number of ether oxygens (including phenoxy) is 2. The van der Waals surface area contributed by atoms with Gasteiger partial charge in [0.25, 0.3) is 0 Å². The Balaban J connectivity index is 1.54. The molecule has 1 fully saturated rings. The van der Waals surface area contributed by atoms with Gasteiger partial charge in [-0.1, -0.05) is 6.07 Å². The Morgan fingerprint density at radius 1 is 1.32 bits per heavy atom. The Hall–Kier alpha value is -1.30. The van der Waals surface area contributed by atoms with Gasteiger partial charge in [0, 0.05) is 32.2 Å². The lowest BCUT2D eigenvalue weighted by molar-refractivity contribution is 0.174. The van der Waals surface area contributed by atoms with Crippen molar-refractivity contribution in [3.8, 4) is 11.5 Å². The van der Waals surface area contributed by atoms with Crippen molar-refractivity contribution in [3.63, 3.8) is 0 Å². The largest absolute Gasteiger partial charge is 0.454 e. The highest BCUT2D eigenvalue weighted by atomic mass is 16.7. The molecule has 5 heteroatoms. The molecule has 2 aliphatic rings. The summed E-state index contributed by atoms with van der Waals surface area (Å²) >= 11 is 0. The highest BCUT2D eigenvalue weighted by Gasteiger charge is 2.22. The smallest absolute Gasteiger partial charge is 0.231 e. The molecule has 0 radical (unpaired) electrons. The number of likely N-dealkylation sites (tertiary alicyclic amines) is 1. The second-order valence-electron chi connectivity index (χ2n) is 5.09. The van der Waals surface area contributed by atoms with Crippen LogP contribution < -0.4 is 14.8 Å². The van der Waals surface area contributed by atoms with Crippen LogP contribution in [0.2, 0.25) is 0 Å². The summed E-state index contributed by atoms with van der Waals surface area (Å²) < 4.78 is 10.7. The molecule has 0 aromatic heterocycles. The van der Waals surface area contributed by atoms with Crippen LogP contribution in [0.1, 0.15) is 12.0 Å². The molecule has 104 valence electrons. The molecule has 0 bridgehead atoms. The van der Waals surface area contributed by atoms with Crippen LogP contribution in [0.3, 0.4) is 0 Å². The van der Waals surface area contributed by atoms with Gasteiger partial charge < -0.3 is 19.9 Å². The SMILES string of the molecule is OCCNC1CCN(Cc2ccc3c(c2)OCO3)C1. The maximum absolute atomic E-state index is 8.82. The fourth-order valence-corrected chi connectivity index (χ4v) is 2.71. The second-order valence-corrected chi connectivity index (χ2v) is 5.09. The average molecular weight is 264 g/mol. The first-order chi connectivity index (χ1) is 9.35. The summed E-state index contributed by atoms with van der Waals surface area (Å²) in [5.74, 6) is 1.69. The minimum Gasteiger partial charge on any atom is -0.454 e. The number of fused-ring (bicyclic) bond motifs is 1. The van der Waals surface area contributed by atoms with Crippen molar-refractivity contribution in [1.82, 2.24) is 10.2 Å². The summed E-state index contributed by atoms with van der Waals surface area (Å²) in [4.78, 5) is 2.42. The molecule has 1 aromatic carbocycles. The van der Waals surface area contributed by atoms with Gasteiger partial charge in [-0.3, -0.25) is 4.90 Å². The number of aliphatic hydroxyl groups is 1. The van der Waals surface area contributed by atoms with Gasteiger partial charge in [-0.15, -0.1) is 0 Å². The second kappa shape index (κ2) is 5.77. The minimum absolute atomic E-state index is 0.207. The number of nitrogens with one attached hydrogen (secondary N) is 1. The molecular formula is C14H20N2O3. The third-order valence-electron chi connectivity index (χ3n) is 3.66. The maximum atomic E-state index is 8.82. The van der Waals surface area contributed by atoms with Gasteiger partial charge in [-0.05, 0) is 24.1 Å². The zero-order valence-electron chi connectivity index (χ0n) is 11.0. The summed E-state index contributed by atoms with van der Waals surface area (Å²) in [6.45, 7) is 4.29. The topological polar surface area (TPSA) is 54.0 Å². The Bertz CT molecular complexity index is 439. The van der Waals surface area contributed by atoms with Crippen LogP contribution in [-0.2, 0) is 6.54 Å². The molecule has 0 aliphatic carbocycles.